The minimum absolute atomic E-state index is 0.233. The molecule has 0 nitrogen and oxygen atoms in total. The van der Waals surface area contributed by atoms with E-state index in [9.17, 15) is 13.2 Å². The molecule has 0 fully saturated rings. The third-order valence-electron chi connectivity index (χ3n) is 1.58. The van der Waals surface area contributed by atoms with Gasteiger partial charge in [0.05, 0.1) is 5.92 Å². The Hall–Kier alpha value is -0.470. The molecule has 0 aliphatic heterocycles. The van der Waals surface area contributed by atoms with Gasteiger partial charge in [-0.25, -0.2) is 0 Å². The van der Waals surface area contributed by atoms with E-state index < -0.39 is 12.1 Å². The van der Waals surface area contributed by atoms with Gasteiger partial charge >= 0.3 is 6.18 Å². The summed E-state index contributed by atoms with van der Waals surface area (Å²) >= 11 is 0. The van der Waals surface area contributed by atoms with Crippen LogP contribution in [0.3, 0.4) is 0 Å². The van der Waals surface area contributed by atoms with Gasteiger partial charge in [0.15, 0.2) is 0 Å². The first-order valence-corrected chi connectivity index (χ1v) is 3.24. The molecule has 0 bridgehead atoms. The molecule has 1 aliphatic carbocycles. The molecule has 0 aromatic heterocycles. The number of alkyl halides is 3. The van der Waals surface area contributed by atoms with E-state index in [0.717, 1.165) is 6.08 Å². The minimum atomic E-state index is -4.05. The maximum Gasteiger partial charge on any atom is 0.395 e. The molecule has 0 saturated carbocycles. The highest BCUT2D eigenvalue weighted by atomic mass is 19.4. The Balaban J connectivity index is 2.55. The van der Waals surface area contributed by atoms with E-state index in [1.54, 1.807) is 0 Å². The summed E-state index contributed by atoms with van der Waals surface area (Å²) in [7, 11) is 0. The van der Waals surface area contributed by atoms with Crippen LogP contribution in [0, 0.1) is 12.0 Å². The number of rotatable bonds is 0. The monoisotopic (exact) mass is 149 g/mol. The van der Waals surface area contributed by atoms with Crippen LogP contribution in [0.2, 0.25) is 0 Å². The highest BCUT2D eigenvalue weighted by Gasteiger charge is 2.37. The lowest BCUT2D eigenvalue weighted by Gasteiger charge is -2.18. The number of allylic oxidation sites excluding steroid dienone is 2. The zero-order valence-corrected chi connectivity index (χ0v) is 5.41. The van der Waals surface area contributed by atoms with Crippen LogP contribution < -0.4 is 0 Å². The predicted octanol–water partition coefficient (Wildman–Crippen LogP) is 2.71. The van der Waals surface area contributed by atoms with Gasteiger partial charge in [0.1, 0.15) is 0 Å². The maximum atomic E-state index is 11.9. The van der Waals surface area contributed by atoms with Gasteiger partial charge in [0.2, 0.25) is 0 Å². The van der Waals surface area contributed by atoms with Crippen molar-refractivity contribution in [3.8, 4) is 0 Å². The average molecular weight is 149 g/mol. The van der Waals surface area contributed by atoms with E-state index in [1.165, 1.54) is 0 Å². The Morgan fingerprint density at radius 2 is 2.10 bits per heavy atom. The molecule has 0 heterocycles. The molecular formula is C7H8F3. The Kier molecular flexibility index (Phi) is 2.02. The highest BCUT2D eigenvalue weighted by Crippen LogP contribution is 2.33. The molecule has 1 aliphatic rings. The second-order valence-corrected chi connectivity index (χ2v) is 2.41. The van der Waals surface area contributed by atoms with Gasteiger partial charge in [-0.1, -0.05) is 6.08 Å². The van der Waals surface area contributed by atoms with Crippen molar-refractivity contribution in [2.24, 2.45) is 5.92 Å². The van der Waals surface area contributed by atoms with E-state index in [4.69, 9.17) is 0 Å². The third kappa shape index (κ3) is 1.75. The van der Waals surface area contributed by atoms with Crippen molar-refractivity contribution in [3.63, 3.8) is 0 Å². The van der Waals surface area contributed by atoms with Crippen LogP contribution in [-0.2, 0) is 0 Å². The molecule has 0 aromatic rings. The highest BCUT2D eigenvalue weighted by molar-refractivity contribution is 4.91. The van der Waals surface area contributed by atoms with Gasteiger partial charge in [-0.05, 0) is 25.3 Å². The molecule has 1 atom stereocenters. The molecule has 10 heavy (non-hydrogen) atoms. The van der Waals surface area contributed by atoms with Crippen LogP contribution in [0.5, 0.6) is 0 Å². The normalized spacial score (nSPS) is 26.9. The summed E-state index contributed by atoms with van der Waals surface area (Å²) in [6, 6.07) is 0. The second-order valence-electron chi connectivity index (χ2n) is 2.41. The smallest absolute Gasteiger partial charge is 0.170 e. The lowest BCUT2D eigenvalue weighted by molar-refractivity contribution is -0.163. The van der Waals surface area contributed by atoms with Gasteiger partial charge in [-0.15, -0.1) is 0 Å². The topological polar surface area (TPSA) is 0 Å². The summed E-state index contributed by atoms with van der Waals surface area (Å²) in [6.07, 6.45) is 1.21. The fourth-order valence-corrected chi connectivity index (χ4v) is 0.991. The lowest BCUT2D eigenvalue weighted by Crippen LogP contribution is -2.22. The van der Waals surface area contributed by atoms with E-state index in [0.29, 0.717) is 12.8 Å². The Bertz CT molecular complexity index is 134. The number of hydrogen-bond donors (Lipinski definition) is 0. The predicted molar refractivity (Wildman–Crippen MR) is 31.2 cm³/mol. The molecule has 0 aromatic carbocycles. The van der Waals surface area contributed by atoms with E-state index in [2.05, 4.69) is 6.08 Å². The maximum absolute atomic E-state index is 11.9. The van der Waals surface area contributed by atoms with Crippen LogP contribution in [0.4, 0.5) is 13.2 Å². The van der Waals surface area contributed by atoms with Crippen LogP contribution in [0.15, 0.2) is 6.08 Å². The van der Waals surface area contributed by atoms with Crippen molar-refractivity contribution in [3.05, 3.63) is 12.2 Å². The van der Waals surface area contributed by atoms with Crippen molar-refractivity contribution < 1.29 is 13.2 Å². The van der Waals surface area contributed by atoms with E-state index in [1.807, 2.05) is 0 Å². The summed E-state index contributed by atoms with van der Waals surface area (Å²) in [6.45, 7) is 0. The molecule has 1 rings (SSSR count). The van der Waals surface area contributed by atoms with Gasteiger partial charge in [-0.2, -0.15) is 13.2 Å². The van der Waals surface area contributed by atoms with Crippen molar-refractivity contribution in [2.45, 2.75) is 25.4 Å². The van der Waals surface area contributed by atoms with E-state index in [-0.39, 0.29) is 6.42 Å². The summed E-state index contributed by atoms with van der Waals surface area (Å²) in [5.74, 6) is -1.23. The number of halogens is 3. The molecule has 3 heteroatoms. The van der Waals surface area contributed by atoms with E-state index >= 15 is 0 Å². The minimum Gasteiger partial charge on any atom is -0.170 e. The van der Waals surface area contributed by atoms with Gasteiger partial charge < -0.3 is 0 Å². The molecule has 0 spiro atoms. The zero-order chi connectivity index (χ0) is 7.61. The molecule has 0 amide bonds. The van der Waals surface area contributed by atoms with Crippen molar-refractivity contribution >= 4 is 0 Å². The quantitative estimate of drug-likeness (QED) is 0.496. The molecular weight excluding hydrogens is 141 g/mol. The molecule has 57 valence electrons. The molecule has 0 N–H and O–H groups in total. The SMILES string of the molecule is FC(F)(F)C1C=[C]CCC1. The lowest BCUT2D eigenvalue weighted by atomic mass is 9.96. The molecule has 1 unspecified atom stereocenters. The summed E-state index contributed by atoms with van der Waals surface area (Å²) < 4.78 is 35.6. The van der Waals surface area contributed by atoms with Crippen molar-refractivity contribution in [2.75, 3.05) is 0 Å². The summed E-state index contributed by atoms with van der Waals surface area (Å²) in [5.41, 5.74) is 0. The Morgan fingerprint density at radius 3 is 2.40 bits per heavy atom. The average Bonchev–Trinajstić information content (AvgIpc) is 1.88. The summed E-state index contributed by atoms with van der Waals surface area (Å²) in [4.78, 5) is 0. The van der Waals surface area contributed by atoms with Crippen LogP contribution in [-0.4, -0.2) is 6.18 Å². The van der Waals surface area contributed by atoms with Crippen molar-refractivity contribution in [1.29, 1.82) is 0 Å². The van der Waals surface area contributed by atoms with Gasteiger partial charge in [0, 0.05) is 0 Å². The first-order valence-electron chi connectivity index (χ1n) is 3.24. The van der Waals surface area contributed by atoms with Gasteiger partial charge in [-0.3, -0.25) is 0 Å². The number of hydrogen-bond acceptors (Lipinski definition) is 0. The fraction of sp³-hybridized carbons (Fsp3) is 0.714. The Morgan fingerprint density at radius 1 is 1.40 bits per heavy atom. The van der Waals surface area contributed by atoms with Crippen LogP contribution in [0.25, 0.3) is 0 Å². The first kappa shape index (κ1) is 7.63. The molecule has 0 saturated heterocycles. The first-order chi connectivity index (χ1) is 4.61. The van der Waals surface area contributed by atoms with Crippen LogP contribution in [0.1, 0.15) is 19.3 Å². The largest absolute Gasteiger partial charge is 0.395 e. The van der Waals surface area contributed by atoms with Crippen LogP contribution >= 0.6 is 0 Å². The molecule has 1 radical (unpaired) electrons. The standard InChI is InChI=1S/C7H8F3/c8-7(9,10)6-4-2-1-3-5-6/h5-6H,1-2,4H2. The Labute approximate surface area is 57.7 Å². The van der Waals surface area contributed by atoms with Gasteiger partial charge in [0.25, 0.3) is 0 Å². The van der Waals surface area contributed by atoms with Crippen molar-refractivity contribution in [1.82, 2.24) is 0 Å². The third-order valence-corrected chi connectivity index (χ3v) is 1.58. The second kappa shape index (κ2) is 2.64. The zero-order valence-electron chi connectivity index (χ0n) is 5.41. The fourth-order valence-electron chi connectivity index (χ4n) is 0.991. The summed E-state index contributed by atoms with van der Waals surface area (Å²) in [5, 5.41) is 0.